The van der Waals surface area contributed by atoms with Crippen molar-refractivity contribution in [3.05, 3.63) is 41.2 Å². The summed E-state index contributed by atoms with van der Waals surface area (Å²) in [5, 5.41) is -0.185. The average Bonchev–Trinajstić information content (AvgIpc) is 2.90. The molecule has 9 heteroatoms. The first-order valence-electron chi connectivity index (χ1n) is 6.14. The van der Waals surface area contributed by atoms with Gasteiger partial charge in [-0.2, -0.15) is 4.31 Å². The van der Waals surface area contributed by atoms with Gasteiger partial charge in [0.05, 0.1) is 17.3 Å². The van der Waals surface area contributed by atoms with Crippen LogP contribution in [0.3, 0.4) is 0 Å². The summed E-state index contributed by atoms with van der Waals surface area (Å²) in [5.41, 5.74) is 5.19. The molecule has 0 amide bonds. The summed E-state index contributed by atoms with van der Waals surface area (Å²) < 4.78 is 41.7. The van der Waals surface area contributed by atoms with Crippen molar-refractivity contribution in [2.45, 2.75) is 18.0 Å². The van der Waals surface area contributed by atoms with Gasteiger partial charge in [-0.3, -0.25) is 0 Å². The monoisotopic (exact) mass is 330 g/mol. The van der Waals surface area contributed by atoms with E-state index >= 15 is 0 Å². The topological polar surface area (TPSA) is 81.2 Å². The van der Waals surface area contributed by atoms with Crippen molar-refractivity contribution in [3.8, 4) is 0 Å². The number of anilines is 1. The second kappa shape index (κ2) is 4.97. The number of nitrogens with two attached hydrogens (primary N) is 1. The second-order valence-corrected chi connectivity index (χ2v) is 6.99. The lowest BCUT2D eigenvalue weighted by molar-refractivity contribution is 0.335. The third-order valence-electron chi connectivity index (χ3n) is 3.38. The quantitative estimate of drug-likeness (QED) is 0.845. The van der Waals surface area contributed by atoms with Gasteiger partial charge in [0.25, 0.3) is 0 Å². The molecular weight excluding hydrogens is 319 g/mol. The molecule has 112 valence electrons. The van der Waals surface area contributed by atoms with Crippen LogP contribution in [0.25, 0.3) is 0 Å². The molecular formula is C12H12ClFN4O2S. The fourth-order valence-corrected chi connectivity index (χ4v) is 4.15. The zero-order chi connectivity index (χ0) is 15.2. The number of sulfonamides is 1. The number of hydrogen-bond donors (Lipinski definition) is 1. The summed E-state index contributed by atoms with van der Waals surface area (Å²) in [6.45, 7) is 0.936. The molecule has 3 rings (SSSR count). The highest BCUT2D eigenvalue weighted by atomic mass is 35.5. The van der Waals surface area contributed by atoms with E-state index in [1.165, 1.54) is 4.31 Å². The minimum absolute atomic E-state index is 0.142. The molecule has 6 nitrogen and oxygen atoms in total. The maximum absolute atomic E-state index is 13.3. The maximum Gasteiger partial charge on any atom is 0.245 e. The highest BCUT2D eigenvalue weighted by Gasteiger charge is 2.31. The van der Waals surface area contributed by atoms with Crippen LogP contribution in [0.5, 0.6) is 0 Å². The Morgan fingerprint density at radius 2 is 2.10 bits per heavy atom. The Labute approximate surface area is 126 Å². The first kappa shape index (κ1) is 14.3. The molecule has 0 spiro atoms. The maximum atomic E-state index is 13.3. The number of nitrogens with zero attached hydrogens (tertiary/aromatic N) is 3. The van der Waals surface area contributed by atoms with Crippen molar-refractivity contribution in [2.24, 2.45) is 0 Å². The number of hydrogen-bond acceptors (Lipinski definition) is 4. The standard InChI is InChI=1S/C12H12ClFN4O2S/c13-8-5-9(14)10(15)6-11(8)21(19,20)18-4-3-17-2-1-16-12(17)7-18/h1-2,5-6H,3-4,7,15H2. The molecule has 1 aromatic heterocycles. The third kappa shape index (κ3) is 2.39. The minimum Gasteiger partial charge on any atom is -0.396 e. The Balaban J connectivity index is 2.00. The van der Waals surface area contributed by atoms with Gasteiger partial charge in [-0.15, -0.1) is 0 Å². The van der Waals surface area contributed by atoms with E-state index in [1.54, 1.807) is 12.4 Å². The molecule has 1 aliphatic rings. The molecule has 21 heavy (non-hydrogen) atoms. The first-order valence-corrected chi connectivity index (χ1v) is 7.96. The lowest BCUT2D eigenvalue weighted by Gasteiger charge is -2.27. The molecule has 0 fully saturated rings. The van der Waals surface area contributed by atoms with E-state index in [-0.39, 0.29) is 22.2 Å². The third-order valence-corrected chi connectivity index (χ3v) is 5.69. The van der Waals surface area contributed by atoms with E-state index in [1.807, 2.05) is 4.57 Å². The highest BCUT2D eigenvalue weighted by molar-refractivity contribution is 7.89. The van der Waals surface area contributed by atoms with E-state index in [9.17, 15) is 12.8 Å². The van der Waals surface area contributed by atoms with Gasteiger partial charge >= 0.3 is 0 Å². The van der Waals surface area contributed by atoms with Gasteiger partial charge in [0.15, 0.2) is 0 Å². The normalized spacial score (nSPS) is 15.9. The molecule has 0 radical (unpaired) electrons. The van der Waals surface area contributed by atoms with Crippen LogP contribution in [0.1, 0.15) is 5.82 Å². The Hall–Kier alpha value is -1.64. The molecule has 0 atom stereocenters. The zero-order valence-corrected chi connectivity index (χ0v) is 12.4. The Morgan fingerprint density at radius 1 is 1.33 bits per heavy atom. The lowest BCUT2D eigenvalue weighted by atomic mass is 10.3. The van der Waals surface area contributed by atoms with Gasteiger partial charge in [0, 0.05) is 25.5 Å². The fraction of sp³-hybridized carbons (Fsp3) is 0.250. The van der Waals surface area contributed by atoms with Crippen molar-refractivity contribution in [1.82, 2.24) is 13.9 Å². The average molecular weight is 331 g/mol. The van der Waals surface area contributed by atoms with Gasteiger partial charge in [-0.25, -0.2) is 17.8 Å². The summed E-state index contributed by atoms with van der Waals surface area (Å²) >= 11 is 5.86. The van der Waals surface area contributed by atoms with Gasteiger partial charge in [0.1, 0.15) is 16.5 Å². The predicted octanol–water partition coefficient (Wildman–Crippen LogP) is 1.46. The van der Waals surface area contributed by atoms with Crippen molar-refractivity contribution >= 4 is 27.3 Å². The smallest absolute Gasteiger partial charge is 0.245 e. The first-order chi connectivity index (χ1) is 9.89. The summed E-state index contributed by atoms with van der Waals surface area (Å²) in [5.74, 6) is -0.0934. The van der Waals surface area contributed by atoms with Gasteiger partial charge < -0.3 is 10.3 Å². The number of aromatic nitrogens is 2. The van der Waals surface area contributed by atoms with Crippen LogP contribution < -0.4 is 5.73 Å². The van der Waals surface area contributed by atoms with Crippen molar-refractivity contribution < 1.29 is 12.8 Å². The van der Waals surface area contributed by atoms with E-state index in [2.05, 4.69) is 4.98 Å². The minimum atomic E-state index is -3.85. The van der Waals surface area contributed by atoms with Crippen LogP contribution in [0, 0.1) is 5.82 Å². The van der Waals surface area contributed by atoms with Crippen molar-refractivity contribution in [2.75, 3.05) is 12.3 Å². The number of fused-ring (bicyclic) bond motifs is 1. The Kier molecular flexibility index (Phi) is 3.39. The van der Waals surface area contributed by atoms with Gasteiger partial charge in [-0.1, -0.05) is 11.6 Å². The summed E-state index contributed by atoms with van der Waals surface area (Å²) in [6.07, 6.45) is 3.41. The number of halogens is 2. The van der Waals surface area contributed by atoms with E-state index < -0.39 is 15.8 Å². The molecule has 0 bridgehead atoms. The largest absolute Gasteiger partial charge is 0.396 e. The molecule has 2 heterocycles. The van der Waals surface area contributed by atoms with Crippen LogP contribution in [0.15, 0.2) is 29.4 Å². The molecule has 0 saturated heterocycles. The van der Waals surface area contributed by atoms with Crippen LogP contribution in [0.2, 0.25) is 5.02 Å². The van der Waals surface area contributed by atoms with Crippen molar-refractivity contribution in [3.63, 3.8) is 0 Å². The Morgan fingerprint density at radius 3 is 2.86 bits per heavy atom. The second-order valence-electron chi connectivity index (χ2n) is 4.68. The van der Waals surface area contributed by atoms with Crippen molar-refractivity contribution in [1.29, 1.82) is 0 Å². The SMILES string of the molecule is Nc1cc(S(=O)(=O)N2CCn3ccnc3C2)c(Cl)cc1F. The van der Waals surface area contributed by atoms with Gasteiger partial charge in [0.2, 0.25) is 10.0 Å². The van der Waals surface area contributed by atoms with E-state index in [0.717, 1.165) is 12.1 Å². The summed E-state index contributed by atoms with van der Waals surface area (Å²) in [7, 11) is -3.85. The van der Waals surface area contributed by atoms with Crippen LogP contribution in [0.4, 0.5) is 10.1 Å². The van der Waals surface area contributed by atoms with E-state index in [4.69, 9.17) is 17.3 Å². The van der Waals surface area contributed by atoms with Crippen LogP contribution in [-0.4, -0.2) is 28.8 Å². The predicted molar refractivity (Wildman–Crippen MR) is 75.6 cm³/mol. The summed E-state index contributed by atoms with van der Waals surface area (Å²) in [6, 6.07) is 1.96. The highest BCUT2D eigenvalue weighted by Crippen LogP contribution is 2.30. The number of benzene rings is 1. The van der Waals surface area contributed by atoms with Crippen LogP contribution >= 0.6 is 11.6 Å². The molecule has 0 saturated carbocycles. The molecule has 2 aromatic rings. The molecule has 0 aliphatic carbocycles. The number of rotatable bonds is 2. The number of nitrogen functional groups attached to an aromatic ring is 1. The molecule has 2 N–H and O–H groups in total. The summed E-state index contributed by atoms with van der Waals surface area (Å²) in [4.78, 5) is 3.92. The molecule has 1 aliphatic heterocycles. The Bertz CT molecular complexity index is 806. The lowest BCUT2D eigenvalue weighted by Crippen LogP contribution is -2.38. The molecule has 1 aromatic carbocycles. The zero-order valence-electron chi connectivity index (χ0n) is 10.8. The number of imidazole rings is 1. The molecule has 0 unspecified atom stereocenters. The van der Waals surface area contributed by atoms with E-state index in [0.29, 0.717) is 18.9 Å². The van der Waals surface area contributed by atoms with Crippen LogP contribution in [-0.2, 0) is 23.1 Å². The van der Waals surface area contributed by atoms with Gasteiger partial charge in [-0.05, 0) is 12.1 Å². The fourth-order valence-electron chi connectivity index (χ4n) is 2.24.